The number of aromatic nitrogens is 3. The molecule has 3 heterocycles. The van der Waals surface area contributed by atoms with E-state index in [1.165, 1.54) is 0 Å². The van der Waals surface area contributed by atoms with E-state index in [0.717, 1.165) is 50.7 Å². The molecule has 0 aromatic carbocycles. The van der Waals surface area contributed by atoms with E-state index in [9.17, 15) is 0 Å². The summed E-state index contributed by atoms with van der Waals surface area (Å²) < 4.78 is 7.36. The van der Waals surface area contributed by atoms with Crippen LogP contribution in [0.2, 0.25) is 0 Å². The SMILES string of the molecule is NC1CCn2nc(C3CCOC3)nc2C1. The van der Waals surface area contributed by atoms with Crippen LogP contribution in [0.15, 0.2) is 0 Å². The van der Waals surface area contributed by atoms with Crippen molar-refractivity contribution in [1.82, 2.24) is 14.8 Å². The fourth-order valence-electron chi connectivity index (χ4n) is 2.26. The first-order valence-electron chi connectivity index (χ1n) is 5.60. The number of hydrogen-bond acceptors (Lipinski definition) is 4. The van der Waals surface area contributed by atoms with Gasteiger partial charge in [0.1, 0.15) is 5.82 Å². The maximum absolute atomic E-state index is 5.91. The third-order valence-electron chi connectivity index (χ3n) is 3.22. The zero-order chi connectivity index (χ0) is 10.3. The Balaban J connectivity index is 1.85. The van der Waals surface area contributed by atoms with Gasteiger partial charge in [-0.1, -0.05) is 0 Å². The minimum absolute atomic E-state index is 0.259. The Morgan fingerprint density at radius 1 is 1.40 bits per heavy atom. The van der Waals surface area contributed by atoms with Crippen molar-refractivity contribution in [2.24, 2.45) is 5.73 Å². The number of hydrogen-bond donors (Lipinski definition) is 1. The first-order valence-corrected chi connectivity index (χ1v) is 5.60. The smallest absolute Gasteiger partial charge is 0.156 e. The van der Waals surface area contributed by atoms with Crippen molar-refractivity contribution in [2.75, 3.05) is 13.2 Å². The molecule has 3 rings (SSSR count). The molecule has 2 atom stereocenters. The highest BCUT2D eigenvalue weighted by atomic mass is 16.5. The second kappa shape index (κ2) is 3.57. The van der Waals surface area contributed by atoms with Gasteiger partial charge in [0.05, 0.1) is 6.61 Å². The van der Waals surface area contributed by atoms with E-state index < -0.39 is 0 Å². The first-order chi connectivity index (χ1) is 7.33. The first kappa shape index (κ1) is 9.30. The molecule has 1 saturated heterocycles. The minimum Gasteiger partial charge on any atom is -0.381 e. The molecular formula is C10H16N4O. The summed E-state index contributed by atoms with van der Waals surface area (Å²) in [6, 6.07) is 0.259. The monoisotopic (exact) mass is 208 g/mol. The highest BCUT2D eigenvalue weighted by Gasteiger charge is 2.25. The van der Waals surface area contributed by atoms with Crippen molar-refractivity contribution >= 4 is 0 Å². The molecule has 15 heavy (non-hydrogen) atoms. The van der Waals surface area contributed by atoms with Crippen molar-refractivity contribution in [1.29, 1.82) is 0 Å². The molecule has 2 unspecified atom stereocenters. The molecule has 0 aliphatic carbocycles. The molecule has 2 aliphatic rings. The second-order valence-electron chi connectivity index (χ2n) is 4.42. The summed E-state index contributed by atoms with van der Waals surface area (Å²) in [5.74, 6) is 2.41. The van der Waals surface area contributed by atoms with E-state index >= 15 is 0 Å². The van der Waals surface area contributed by atoms with Crippen molar-refractivity contribution < 1.29 is 4.74 Å². The van der Waals surface area contributed by atoms with E-state index in [1.807, 2.05) is 4.68 Å². The number of nitrogens with two attached hydrogens (primary N) is 1. The zero-order valence-electron chi connectivity index (χ0n) is 8.72. The van der Waals surface area contributed by atoms with Gasteiger partial charge in [0, 0.05) is 31.5 Å². The van der Waals surface area contributed by atoms with Crippen LogP contribution in [-0.4, -0.2) is 34.0 Å². The van der Waals surface area contributed by atoms with Gasteiger partial charge < -0.3 is 10.5 Å². The molecule has 2 N–H and O–H groups in total. The van der Waals surface area contributed by atoms with Gasteiger partial charge in [-0.3, -0.25) is 0 Å². The van der Waals surface area contributed by atoms with Crippen LogP contribution in [0.4, 0.5) is 0 Å². The zero-order valence-corrected chi connectivity index (χ0v) is 8.72. The van der Waals surface area contributed by atoms with Crippen LogP contribution in [0.3, 0.4) is 0 Å². The molecule has 82 valence electrons. The highest BCUT2D eigenvalue weighted by Crippen LogP contribution is 2.23. The van der Waals surface area contributed by atoms with Gasteiger partial charge in [-0.05, 0) is 12.8 Å². The number of rotatable bonds is 1. The fraction of sp³-hybridized carbons (Fsp3) is 0.800. The van der Waals surface area contributed by atoms with Crippen LogP contribution in [0.5, 0.6) is 0 Å². The van der Waals surface area contributed by atoms with Crippen LogP contribution in [0.25, 0.3) is 0 Å². The summed E-state index contributed by atoms with van der Waals surface area (Å²) in [6.07, 6.45) is 2.92. The van der Waals surface area contributed by atoms with Crippen LogP contribution in [-0.2, 0) is 17.7 Å². The lowest BCUT2D eigenvalue weighted by molar-refractivity contribution is 0.193. The maximum atomic E-state index is 5.91. The van der Waals surface area contributed by atoms with Gasteiger partial charge >= 0.3 is 0 Å². The van der Waals surface area contributed by atoms with Crippen molar-refractivity contribution in [2.45, 2.75) is 37.8 Å². The fourth-order valence-corrected chi connectivity index (χ4v) is 2.26. The lowest BCUT2D eigenvalue weighted by atomic mass is 10.1. The van der Waals surface area contributed by atoms with Gasteiger partial charge in [-0.25, -0.2) is 9.67 Å². The molecule has 1 fully saturated rings. The Hall–Kier alpha value is -0.940. The molecule has 2 aliphatic heterocycles. The van der Waals surface area contributed by atoms with Gasteiger partial charge in [0.15, 0.2) is 5.82 Å². The number of ether oxygens (including phenoxy) is 1. The minimum atomic E-state index is 0.259. The van der Waals surface area contributed by atoms with E-state index in [1.54, 1.807) is 0 Å². The topological polar surface area (TPSA) is 66.0 Å². The lowest BCUT2D eigenvalue weighted by Gasteiger charge is -2.17. The number of nitrogens with zero attached hydrogens (tertiary/aromatic N) is 3. The molecule has 0 amide bonds. The number of fused-ring (bicyclic) bond motifs is 1. The van der Waals surface area contributed by atoms with Crippen molar-refractivity contribution in [3.63, 3.8) is 0 Å². The normalized spacial score (nSPS) is 30.5. The maximum Gasteiger partial charge on any atom is 0.156 e. The third kappa shape index (κ3) is 1.66. The molecule has 0 spiro atoms. The predicted octanol–water partition coefficient (Wildman–Crippen LogP) is 0.0555. The van der Waals surface area contributed by atoms with Gasteiger partial charge in [0.25, 0.3) is 0 Å². The van der Waals surface area contributed by atoms with Crippen molar-refractivity contribution in [3.8, 4) is 0 Å². The summed E-state index contributed by atoms with van der Waals surface area (Å²) in [6.45, 7) is 2.53. The number of aryl methyl sites for hydroxylation is 1. The summed E-state index contributed by atoms with van der Waals surface area (Å²) in [7, 11) is 0. The largest absolute Gasteiger partial charge is 0.381 e. The van der Waals surface area contributed by atoms with Gasteiger partial charge in [0.2, 0.25) is 0 Å². The average Bonchev–Trinajstić information content (AvgIpc) is 2.84. The van der Waals surface area contributed by atoms with Crippen LogP contribution in [0.1, 0.15) is 30.4 Å². The Morgan fingerprint density at radius 2 is 2.33 bits per heavy atom. The Labute approximate surface area is 88.6 Å². The highest BCUT2D eigenvalue weighted by molar-refractivity contribution is 5.04. The van der Waals surface area contributed by atoms with Crippen LogP contribution >= 0.6 is 0 Å². The molecule has 1 aromatic rings. The van der Waals surface area contributed by atoms with Gasteiger partial charge in [-0.15, -0.1) is 0 Å². The molecule has 5 nitrogen and oxygen atoms in total. The quantitative estimate of drug-likeness (QED) is 0.708. The van der Waals surface area contributed by atoms with Crippen LogP contribution < -0.4 is 5.73 Å². The Kier molecular flexibility index (Phi) is 2.21. The van der Waals surface area contributed by atoms with E-state index in [-0.39, 0.29) is 6.04 Å². The lowest BCUT2D eigenvalue weighted by Crippen LogP contribution is -2.31. The summed E-state index contributed by atoms with van der Waals surface area (Å²) in [5, 5.41) is 4.54. The average molecular weight is 208 g/mol. The summed E-state index contributed by atoms with van der Waals surface area (Å²) in [5.41, 5.74) is 5.91. The third-order valence-corrected chi connectivity index (χ3v) is 3.22. The summed E-state index contributed by atoms with van der Waals surface area (Å²) in [4.78, 5) is 4.58. The molecule has 0 bridgehead atoms. The van der Waals surface area contributed by atoms with E-state index in [4.69, 9.17) is 10.5 Å². The van der Waals surface area contributed by atoms with E-state index in [2.05, 4.69) is 10.1 Å². The molecule has 5 heteroatoms. The standard InChI is InChI=1S/C10H16N4O/c11-8-1-3-14-9(5-8)12-10(13-14)7-2-4-15-6-7/h7-8H,1-6,11H2. The molecule has 0 radical (unpaired) electrons. The molecule has 1 aromatic heterocycles. The summed E-state index contributed by atoms with van der Waals surface area (Å²) >= 11 is 0. The van der Waals surface area contributed by atoms with Crippen molar-refractivity contribution in [3.05, 3.63) is 11.6 Å². The van der Waals surface area contributed by atoms with E-state index in [0.29, 0.717) is 5.92 Å². The Morgan fingerprint density at radius 3 is 3.13 bits per heavy atom. The van der Waals surface area contributed by atoms with Crippen LogP contribution in [0, 0.1) is 0 Å². The predicted molar refractivity (Wildman–Crippen MR) is 54.5 cm³/mol. The Bertz CT molecular complexity index is 356. The van der Waals surface area contributed by atoms with Gasteiger partial charge in [-0.2, -0.15) is 5.10 Å². The molecular weight excluding hydrogens is 192 g/mol. The molecule has 0 saturated carbocycles. The second-order valence-corrected chi connectivity index (χ2v) is 4.42.